The van der Waals surface area contributed by atoms with Crippen LogP contribution < -0.4 is 5.32 Å². The summed E-state index contributed by atoms with van der Waals surface area (Å²) in [6, 6.07) is 9.94. The number of benzene rings is 1. The Bertz CT molecular complexity index is 801. The first-order valence-corrected chi connectivity index (χ1v) is 12.4. The lowest BCUT2D eigenvalue weighted by Crippen LogP contribution is -2.48. The van der Waals surface area contributed by atoms with E-state index in [1.54, 1.807) is 6.20 Å². The molecule has 3 atom stereocenters. The number of aromatic nitrogens is 2. The van der Waals surface area contributed by atoms with Crippen molar-refractivity contribution in [1.82, 2.24) is 20.0 Å². The minimum Gasteiger partial charge on any atom is -0.349 e. The van der Waals surface area contributed by atoms with Gasteiger partial charge < -0.3 is 10.2 Å². The Labute approximate surface area is 187 Å². The molecule has 1 saturated carbocycles. The van der Waals surface area contributed by atoms with Crippen LogP contribution in [0.15, 0.2) is 42.7 Å². The fraction of sp³-hybridized carbons (Fsp3) is 0.615. The number of nitrogens with one attached hydrogen (secondary N) is 1. The van der Waals surface area contributed by atoms with Gasteiger partial charge in [-0.3, -0.25) is 4.79 Å². The first kappa shape index (κ1) is 22.1. The Kier molecular flexibility index (Phi) is 7.79. The van der Waals surface area contributed by atoms with Gasteiger partial charge in [0.15, 0.2) is 0 Å². The van der Waals surface area contributed by atoms with Crippen molar-refractivity contribution in [3.8, 4) is 5.69 Å². The Morgan fingerprint density at radius 3 is 2.74 bits per heavy atom. The number of rotatable bonds is 8. The highest BCUT2D eigenvalue weighted by Gasteiger charge is 2.30. The standard InChI is InChI=1S/C26H38N4O/c1-2-3-8-21-9-6-17-29(19-21)20-23-10-4-5-11-25(23)28-26(31)22-12-14-24(15-13-22)30-18-7-16-27-30/h7,12-16,18,21,23,25H,2-6,8-11,17,19-20H2,1H3,(H,28,31)/t21?,23-,25?/m0/s1. The molecule has 1 aliphatic carbocycles. The lowest BCUT2D eigenvalue weighted by Gasteiger charge is -2.39. The average Bonchev–Trinajstić information content (AvgIpc) is 3.34. The van der Waals surface area contributed by atoms with Gasteiger partial charge in [-0.1, -0.05) is 32.6 Å². The van der Waals surface area contributed by atoms with Crippen LogP contribution in [0.3, 0.4) is 0 Å². The molecule has 5 nitrogen and oxygen atoms in total. The quantitative estimate of drug-likeness (QED) is 0.647. The SMILES string of the molecule is CCCCC1CCCN(C[C@@H]2CCCCC2NC(=O)c2ccc(-n3cccn3)cc2)C1. The van der Waals surface area contributed by atoms with E-state index in [4.69, 9.17) is 0 Å². The molecule has 0 bridgehead atoms. The van der Waals surface area contributed by atoms with Gasteiger partial charge in [0.25, 0.3) is 5.91 Å². The van der Waals surface area contributed by atoms with Gasteiger partial charge in [-0.05, 0) is 80.8 Å². The van der Waals surface area contributed by atoms with Crippen LogP contribution in [0.1, 0.15) is 75.1 Å². The van der Waals surface area contributed by atoms with Crippen molar-refractivity contribution in [1.29, 1.82) is 0 Å². The van der Waals surface area contributed by atoms with Gasteiger partial charge in [0.2, 0.25) is 0 Å². The molecule has 1 N–H and O–H groups in total. The number of hydrogen-bond donors (Lipinski definition) is 1. The largest absolute Gasteiger partial charge is 0.349 e. The summed E-state index contributed by atoms with van der Waals surface area (Å²) in [4.78, 5) is 15.7. The van der Waals surface area contributed by atoms with E-state index in [0.717, 1.165) is 30.1 Å². The third-order valence-corrected chi connectivity index (χ3v) is 7.19. The zero-order valence-corrected chi connectivity index (χ0v) is 19.0. The average molecular weight is 423 g/mol. The van der Waals surface area contributed by atoms with Crippen molar-refractivity contribution in [3.05, 3.63) is 48.3 Å². The zero-order chi connectivity index (χ0) is 21.5. The molecule has 168 valence electrons. The summed E-state index contributed by atoms with van der Waals surface area (Å²) < 4.78 is 1.81. The number of likely N-dealkylation sites (tertiary alicyclic amines) is 1. The van der Waals surface area contributed by atoms with Gasteiger partial charge in [-0.25, -0.2) is 4.68 Å². The van der Waals surface area contributed by atoms with Gasteiger partial charge in [-0.15, -0.1) is 0 Å². The van der Waals surface area contributed by atoms with E-state index in [1.807, 2.05) is 41.2 Å². The number of amides is 1. The summed E-state index contributed by atoms with van der Waals surface area (Å²) in [5.41, 5.74) is 1.71. The van der Waals surface area contributed by atoms with Gasteiger partial charge in [0.1, 0.15) is 0 Å². The van der Waals surface area contributed by atoms with Crippen molar-refractivity contribution in [3.63, 3.8) is 0 Å². The second-order valence-corrected chi connectivity index (χ2v) is 9.53. The topological polar surface area (TPSA) is 50.2 Å². The molecule has 5 heteroatoms. The third kappa shape index (κ3) is 5.97. The van der Waals surface area contributed by atoms with Crippen LogP contribution >= 0.6 is 0 Å². The molecule has 2 unspecified atom stereocenters. The normalized spacial score (nSPS) is 24.7. The highest BCUT2D eigenvalue weighted by atomic mass is 16.1. The van der Waals surface area contributed by atoms with E-state index in [-0.39, 0.29) is 5.91 Å². The highest BCUT2D eigenvalue weighted by molar-refractivity contribution is 5.94. The maximum Gasteiger partial charge on any atom is 0.251 e. The minimum atomic E-state index is 0.0587. The van der Waals surface area contributed by atoms with E-state index in [0.29, 0.717) is 12.0 Å². The number of unbranched alkanes of at least 4 members (excludes halogenated alkanes) is 1. The third-order valence-electron chi connectivity index (χ3n) is 7.19. The van der Waals surface area contributed by atoms with Crippen LogP contribution in [0, 0.1) is 11.8 Å². The van der Waals surface area contributed by atoms with Gasteiger partial charge >= 0.3 is 0 Å². The van der Waals surface area contributed by atoms with Crippen molar-refractivity contribution in [2.75, 3.05) is 19.6 Å². The summed E-state index contributed by atoms with van der Waals surface area (Å²) in [7, 11) is 0. The predicted molar refractivity (Wildman–Crippen MR) is 125 cm³/mol. The lowest BCUT2D eigenvalue weighted by atomic mass is 9.83. The molecule has 1 aromatic heterocycles. The molecule has 1 saturated heterocycles. The molecule has 1 aliphatic heterocycles. The molecule has 2 aromatic rings. The zero-order valence-electron chi connectivity index (χ0n) is 19.0. The fourth-order valence-corrected chi connectivity index (χ4v) is 5.43. The Balaban J connectivity index is 1.33. The van der Waals surface area contributed by atoms with Crippen molar-refractivity contribution in [2.45, 2.75) is 70.8 Å². The van der Waals surface area contributed by atoms with E-state index < -0.39 is 0 Å². The van der Waals surface area contributed by atoms with E-state index in [9.17, 15) is 4.79 Å². The first-order valence-electron chi connectivity index (χ1n) is 12.4. The van der Waals surface area contributed by atoms with E-state index in [1.165, 1.54) is 64.5 Å². The lowest BCUT2D eigenvalue weighted by molar-refractivity contribution is 0.0853. The van der Waals surface area contributed by atoms with Crippen LogP contribution in [0.5, 0.6) is 0 Å². The van der Waals surface area contributed by atoms with Gasteiger partial charge in [0, 0.05) is 37.1 Å². The van der Waals surface area contributed by atoms with E-state index >= 15 is 0 Å². The van der Waals surface area contributed by atoms with Crippen molar-refractivity contribution in [2.24, 2.45) is 11.8 Å². The molecule has 0 radical (unpaired) electrons. The summed E-state index contributed by atoms with van der Waals surface area (Å²) in [6.07, 6.45) is 15.3. The highest BCUT2D eigenvalue weighted by Crippen LogP contribution is 2.28. The van der Waals surface area contributed by atoms with Crippen molar-refractivity contribution >= 4 is 5.91 Å². The van der Waals surface area contributed by atoms with Crippen LogP contribution in [0.4, 0.5) is 0 Å². The minimum absolute atomic E-state index is 0.0587. The molecule has 0 spiro atoms. The smallest absolute Gasteiger partial charge is 0.251 e. The Morgan fingerprint density at radius 2 is 1.97 bits per heavy atom. The number of piperidine rings is 1. The summed E-state index contributed by atoms with van der Waals surface area (Å²) >= 11 is 0. The fourth-order valence-electron chi connectivity index (χ4n) is 5.43. The predicted octanol–water partition coefficient (Wildman–Crippen LogP) is 5.06. The molecular formula is C26H38N4O. The van der Waals surface area contributed by atoms with Crippen LogP contribution in [-0.4, -0.2) is 46.3 Å². The molecule has 4 rings (SSSR count). The molecule has 1 amide bonds. The summed E-state index contributed by atoms with van der Waals surface area (Å²) in [5.74, 6) is 1.51. The van der Waals surface area contributed by atoms with Crippen molar-refractivity contribution < 1.29 is 4.79 Å². The first-order chi connectivity index (χ1) is 15.2. The van der Waals surface area contributed by atoms with Crippen LogP contribution in [-0.2, 0) is 0 Å². The molecule has 1 aromatic carbocycles. The molecule has 2 fully saturated rings. The second kappa shape index (κ2) is 10.9. The Morgan fingerprint density at radius 1 is 1.13 bits per heavy atom. The number of carbonyl (C=O) groups excluding carboxylic acids is 1. The number of hydrogen-bond acceptors (Lipinski definition) is 3. The van der Waals surface area contributed by atoms with Gasteiger partial charge in [-0.2, -0.15) is 5.10 Å². The second-order valence-electron chi connectivity index (χ2n) is 9.53. The maximum atomic E-state index is 13.0. The Hall–Kier alpha value is -2.14. The number of carbonyl (C=O) groups is 1. The van der Waals surface area contributed by atoms with E-state index in [2.05, 4.69) is 22.2 Å². The molecular weight excluding hydrogens is 384 g/mol. The van der Waals surface area contributed by atoms with Crippen LogP contribution in [0.2, 0.25) is 0 Å². The summed E-state index contributed by atoms with van der Waals surface area (Å²) in [6.45, 7) is 5.92. The summed E-state index contributed by atoms with van der Waals surface area (Å²) in [5, 5.41) is 7.64. The monoisotopic (exact) mass is 422 g/mol. The molecule has 2 heterocycles. The number of nitrogens with zero attached hydrogens (tertiary/aromatic N) is 3. The molecule has 31 heavy (non-hydrogen) atoms. The maximum absolute atomic E-state index is 13.0. The van der Waals surface area contributed by atoms with Gasteiger partial charge in [0.05, 0.1) is 5.69 Å². The van der Waals surface area contributed by atoms with Crippen LogP contribution in [0.25, 0.3) is 5.69 Å². The molecule has 2 aliphatic rings.